The van der Waals surface area contributed by atoms with E-state index >= 15 is 0 Å². The maximum atomic E-state index is 12.3. The fourth-order valence-corrected chi connectivity index (χ4v) is 2.81. The second kappa shape index (κ2) is 9.65. The number of carbonyl (C=O) groups is 2. The molecule has 1 aliphatic carbocycles. The first-order valence-corrected chi connectivity index (χ1v) is 8.61. The van der Waals surface area contributed by atoms with E-state index in [0.717, 1.165) is 38.5 Å². The third-order valence-electron chi connectivity index (χ3n) is 3.97. The molecule has 22 heavy (non-hydrogen) atoms. The summed E-state index contributed by atoms with van der Waals surface area (Å²) in [6.07, 6.45) is 7.64. The second-order valence-corrected chi connectivity index (χ2v) is 6.18. The highest BCUT2D eigenvalue weighted by Crippen LogP contribution is 2.28. The van der Waals surface area contributed by atoms with Crippen molar-refractivity contribution in [1.29, 1.82) is 0 Å². The maximum absolute atomic E-state index is 12.3. The molecule has 0 aromatic carbocycles. The predicted molar refractivity (Wildman–Crippen MR) is 86.3 cm³/mol. The quantitative estimate of drug-likeness (QED) is 0.631. The number of carbonyl (C=O) groups excluding carboxylic acids is 2. The summed E-state index contributed by atoms with van der Waals surface area (Å²) in [6, 6.07) is 0. The zero-order valence-electron chi connectivity index (χ0n) is 14.4. The van der Waals surface area contributed by atoms with E-state index in [2.05, 4.69) is 13.8 Å². The number of esters is 2. The first-order valence-electron chi connectivity index (χ1n) is 8.61. The number of ether oxygens (including phenoxy) is 2. The minimum atomic E-state index is -0.464. The van der Waals surface area contributed by atoms with Crippen molar-refractivity contribution in [3.8, 4) is 0 Å². The van der Waals surface area contributed by atoms with E-state index in [4.69, 9.17) is 9.47 Å². The molecule has 0 radical (unpaired) electrons. The van der Waals surface area contributed by atoms with Gasteiger partial charge >= 0.3 is 11.9 Å². The molecule has 0 heterocycles. The Balaban J connectivity index is 2.68. The minimum absolute atomic E-state index is 0.101. The van der Waals surface area contributed by atoms with Crippen LogP contribution in [0.25, 0.3) is 0 Å². The van der Waals surface area contributed by atoms with Gasteiger partial charge in [0.05, 0.1) is 18.1 Å². The Hall–Kier alpha value is -1.32. The summed E-state index contributed by atoms with van der Waals surface area (Å²) in [7, 11) is 0. The van der Waals surface area contributed by atoms with E-state index in [1.807, 2.05) is 19.9 Å². The van der Waals surface area contributed by atoms with Crippen LogP contribution in [0.4, 0.5) is 0 Å². The molecular formula is C18H30O4. The van der Waals surface area contributed by atoms with Crippen LogP contribution >= 0.6 is 0 Å². The third kappa shape index (κ3) is 5.82. The lowest BCUT2D eigenvalue weighted by Crippen LogP contribution is -2.30. The highest BCUT2D eigenvalue weighted by Gasteiger charge is 2.33. The van der Waals surface area contributed by atoms with Crippen molar-refractivity contribution in [1.82, 2.24) is 0 Å². The number of allylic oxidation sites excluding steroid dienone is 1. The standard InChI is InChI=1S/C18H30O4/c1-5-9-13(3)21-17(19)15-11-7-8-12-16(15)18(20)22-14(4)10-6-2/h11,13-14,16H,5-10,12H2,1-4H3. The van der Waals surface area contributed by atoms with Gasteiger partial charge in [-0.05, 0) is 46.0 Å². The van der Waals surface area contributed by atoms with E-state index in [0.29, 0.717) is 12.0 Å². The van der Waals surface area contributed by atoms with Gasteiger partial charge in [0.25, 0.3) is 0 Å². The molecule has 1 aliphatic rings. The largest absolute Gasteiger partial charge is 0.462 e. The first-order chi connectivity index (χ1) is 10.5. The van der Waals surface area contributed by atoms with Crippen molar-refractivity contribution < 1.29 is 19.1 Å². The summed E-state index contributed by atoms with van der Waals surface area (Å²) in [5.41, 5.74) is 0.489. The Kier molecular flexibility index (Phi) is 8.21. The van der Waals surface area contributed by atoms with Crippen LogP contribution in [0.3, 0.4) is 0 Å². The molecular weight excluding hydrogens is 280 g/mol. The smallest absolute Gasteiger partial charge is 0.334 e. The lowest BCUT2D eigenvalue weighted by atomic mass is 9.87. The van der Waals surface area contributed by atoms with Gasteiger partial charge in [0.1, 0.15) is 0 Å². The second-order valence-electron chi connectivity index (χ2n) is 6.18. The monoisotopic (exact) mass is 310 g/mol. The lowest BCUT2D eigenvalue weighted by Gasteiger charge is -2.24. The van der Waals surface area contributed by atoms with Crippen LogP contribution in [0.2, 0.25) is 0 Å². The summed E-state index contributed by atoms with van der Waals surface area (Å²) in [6.45, 7) is 7.90. The highest BCUT2D eigenvalue weighted by molar-refractivity contribution is 5.95. The molecule has 4 nitrogen and oxygen atoms in total. The summed E-state index contributed by atoms with van der Waals surface area (Å²) in [5.74, 6) is -1.10. The molecule has 0 aromatic rings. The van der Waals surface area contributed by atoms with E-state index in [9.17, 15) is 9.59 Å². The van der Waals surface area contributed by atoms with E-state index < -0.39 is 5.92 Å². The average molecular weight is 310 g/mol. The van der Waals surface area contributed by atoms with Crippen LogP contribution in [0.15, 0.2) is 11.6 Å². The van der Waals surface area contributed by atoms with Crippen LogP contribution in [0.5, 0.6) is 0 Å². The molecule has 1 rings (SSSR count). The van der Waals surface area contributed by atoms with E-state index in [1.54, 1.807) is 0 Å². The van der Waals surface area contributed by atoms with Crippen molar-refractivity contribution in [2.75, 3.05) is 0 Å². The molecule has 0 spiro atoms. The molecule has 0 saturated heterocycles. The van der Waals surface area contributed by atoms with E-state index in [-0.39, 0.29) is 24.1 Å². The van der Waals surface area contributed by atoms with Crippen LogP contribution in [0, 0.1) is 5.92 Å². The van der Waals surface area contributed by atoms with Gasteiger partial charge in [-0.1, -0.05) is 32.8 Å². The molecule has 0 N–H and O–H groups in total. The molecule has 0 bridgehead atoms. The van der Waals surface area contributed by atoms with Crippen LogP contribution in [-0.2, 0) is 19.1 Å². The molecule has 0 saturated carbocycles. The normalized spacial score (nSPS) is 20.7. The van der Waals surface area contributed by atoms with Crippen LogP contribution in [-0.4, -0.2) is 24.1 Å². The molecule has 4 heteroatoms. The Morgan fingerprint density at radius 3 is 2.32 bits per heavy atom. The fraction of sp³-hybridized carbons (Fsp3) is 0.778. The molecule has 3 atom stereocenters. The third-order valence-corrected chi connectivity index (χ3v) is 3.97. The summed E-state index contributed by atoms with van der Waals surface area (Å²) in [4.78, 5) is 24.7. The predicted octanol–water partition coefficient (Wildman–Crippen LogP) is 4.18. The number of hydrogen-bond acceptors (Lipinski definition) is 4. The van der Waals surface area contributed by atoms with Gasteiger partial charge in [0.15, 0.2) is 0 Å². The minimum Gasteiger partial charge on any atom is -0.462 e. The van der Waals surface area contributed by atoms with Gasteiger partial charge in [-0.2, -0.15) is 0 Å². The maximum Gasteiger partial charge on any atom is 0.334 e. The van der Waals surface area contributed by atoms with Crippen molar-refractivity contribution in [3.05, 3.63) is 11.6 Å². The van der Waals surface area contributed by atoms with Crippen LogP contribution in [0.1, 0.15) is 72.6 Å². The summed E-state index contributed by atoms with van der Waals surface area (Å²) >= 11 is 0. The van der Waals surface area contributed by atoms with Crippen LogP contribution < -0.4 is 0 Å². The Labute approximate surface area is 134 Å². The van der Waals surface area contributed by atoms with Gasteiger partial charge in [-0.25, -0.2) is 4.79 Å². The fourth-order valence-electron chi connectivity index (χ4n) is 2.81. The Bertz CT molecular complexity index is 400. The molecule has 126 valence electrons. The van der Waals surface area contributed by atoms with Crippen molar-refractivity contribution in [2.24, 2.45) is 5.92 Å². The zero-order chi connectivity index (χ0) is 16.5. The Morgan fingerprint density at radius 2 is 1.73 bits per heavy atom. The molecule has 0 fully saturated rings. The first kappa shape index (κ1) is 18.7. The van der Waals surface area contributed by atoms with Crippen molar-refractivity contribution in [3.63, 3.8) is 0 Å². The molecule has 0 aromatic heterocycles. The number of hydrogen-bond donors (Lipinski definition) is 0. The van der Waals surface area contributed by atoms with Crippen molar-refractivity contribution in [2.45, 2.75) is 84.8 Å². The lowest BCUT2D eigenvalue weighted by molar-refractivity contribution is -0.156. The molecule has 0 amide bonds. The van der Waals surface area contributed by atoms with Gasteiger partial charge in [0.2, 0.25) is 0 Å². The van der Waals surface area contributed by atoms with Gasteiger partial charge in [-0.15, -0.1) is 0 Å². The highest BCUT2D eigenvalue weighted by atomic mass is 16.6. The van der Waals surface area contributed by atoms with Gasteiger partial charge < -0.3 is 9.47 Å². The molecule has 3 unspecified atom stereocenters. The zero-order valence-corrected chi connectivity index (χ0v) is 14.4. The SMILES string of the molecule is CCCC(C)OC(=O)C1=CCCCC1C(=O)OC(C)CCC. The van der Waals surface area contributed by atoms with Crippen molar-refractivity contribution >= 4 is 11.9 Å². The number of rotatable bonds is 8. The Morgan fingerprint density at radius 1 is 1.14 bits per heavy atom. The summed E-state index contributed by atoms with van der Waals surface area (Å²) < 4.78 is 10.9. The van der Waals surface area contributed by atoms with E-state index in [1.165, 1.54) is 0 Å². The topological polar surface area (TPSA) is 52.6 Å². The summed E-state index contributed by atoms with van der Waals surface area (Å²) in [5, 5.41) is 0. The van der Waals surface area contributed by atoms with Gasteiger partial charge in [0, 0.05) is 5.57 Å². The molecule has 0 aliphatic heterocycles. The van der Waals surface area contributed by atoms with Gasteiger partial charge in [-0.3, -0.25) is 4.79 Å². The average Bonchev–Trinajstić information content (AvgIpc) is 2.47.